The predicted octanol–water partition coefficient (Wildman–Crippen LogP) is 7.92. The van der Waals surface area contributed by atoms with Crippen LogP contribution in [0.3, 0.4) is 0 Å². The molecule has 2 aliphatic carbocycles. The molecule has 4 aromatic rings. The van der Waals surface area contributed by atoms with E-state index >= 15 is 8.78 Å². The Morgan fingerprint density at radius 1 is 0.961 bits per heavy atom. The molecule has 0 amide bonds. The van der Waals surface area contributed by atoms with E-state index < -0.39 is 28.8 Å². The summed E-state index contributed by atoms with van der Waals surface area (Å²) in [6, 6.07) is 7.40. The van der Waals surface area contributed by atoms with Crippen molar-refractivity contribution < 1.29 is 31.8 Å². The lowest BCUT2D eigenvalue weighted by Gasteiger charge is -2.35. The van der Waals surface area contributed by atoms with Crippen molar-refractivity contribution in [1.82, 2.24) is 20.2 Å². The first kappa shape index (κ1) is 33.1. The van der Waals surface area contributed by atoms with Crippen LogP contribution in [-0.2, 0) is 0 Å². The van der Waals surface area contributed by atoms with Crippen molar-refractivity contribution in [1.29, 1.82) is 0 Å². The molecule has 5 aliphatic rings. The second-order valence-electron chi connectivity index (χ2n) is 16.3. The summed E-state index contributed by atoms with van der Waals surface area (Å²) in [4.78, 5) is 14.0. The summed E-state index contributed by atoms with van der Waals surface area (Å²) >= 11 is 0. The summed E-state index contributed by atoms with van der Waals surface area (Å²) < 4.78 is 81.8. The fraction of sp³-hybridized carbons (Fsp3) is 0.538. The van der Waals surface area contributed by atoms with Gasteiger partial charge in [0.2, 0.25) is 0 Å². The van der Waals surface area contributed by atoms with Crippen LogP contribution in [0.25, 0.3) is 32.8 Å². The molecule has 9 rings (SSSR count). The van der Waals surface area contributed by atoms with E-state index in [1.807, 2.05) is 19.9 Å². The third-order valence-electron chi connectivity index (χ3n) is 12.4. The number of rotatable bonds is 8. The van der Waals surface area contributed by atoms with E-state index in [4.69, 9.17) is 9.72 Å². The molecule has 5 fully saturated rings. The van der Waals surface area contributed by atoms with Crippen LogP contribution in [0.15, 0.2) is 30.3 Å². The van der Waals surface area contributed by atoms with Crippen molar-refractivity contribution in [2.24, 2.45) is 10.8 Å². The molecule has 2 N–H and O–H groups in total. The number of nitrogens with zero attached hydrogens (tertiary/aromatic N) is 4. The number of benzene rings is 3. The Kier molecular flexibility index (Phi) is 7.54. The Morgan fingerprint density at radius 3 is 2.31 bits per heavy atom. The number of phenolic OH excluding ortho intramolecular Hbond substituents is 1. The fourth-order valence-electron chi connectivity index (χ4n) is 9.07. The molecule has 2 bridgehead atoms. The number of phenols is 1. The minimum absolute atomic E-state index is 0.00270. The quantitative estimate of drug-likeness (QED) is 0.180. The zero-order valence-electron chi connectivity index (χ0n) is 28.8. The number of hydrogen-bond donors (Lipinski definition) is 2. The molecule has 1 spiro atoms. The highest BCUT2D eigenvalue weighted by Gasteiger charge is 2.70. The second-order valence-corrected chi connectivity index (χ2v) is 16.3. The maximum atomic E-state index is 17.3. The number of ether oxygens (including phenoxy) is 1. The lowest BCUT2D eigenvalue weighted by atomic mass is 9.87. The average molecular weight is 708 g/mol. The number of aromatic hydroxyl groups is 1. The Morgan fingerprint density at radius 2 is 1.67 bits per heavy atom. The Labute approximate surface area is 293 Å². The maximum Gasteiger partial charge on any atom is 0.319 e. The highest BCUT2D eigenvalue weighted by molar-refractivity contribution is 6.03. The monoisotopic (exact) mass is 707 g/mol. The molecule has 12 heteroatoms. The number of hydrogen-bond acceptors (Lipinski definition) is 7. The minimum atomic E-state index is -2.53. The molecular weight excluding hydrogens is 665 g/mol. The second kappa shape index (κ2) is 11.6. The van der Waals surface area contributed by atoms with Crippen molar-refractivity contribution in [3.8, 4) is 22.9 Å². The molecule has 2 atom stereocenters. The number of alkyl halides is 2. The molecular formula is C39H42F5N5O2. The van der Waals surface area contributed by atoms with E-state index in [0.29, 0.717) is 62.4 Å². The van der Waals surface area contributed by atoms with Crippen LogP contribution in [-0.4, -0.2) is 77.3 Å². The van der Waals surface area contributed by atoms with E-state index in [2.05, 4.69) is 20.1 Å². The number of likely N-dealkylation sites (tertiary alicyclic amines) is 1. The molecule has 3 aliphatic heterocycles. The first-order chi connectivity index (χ1) is 24.3. The van der Waals surface area contributed by atoms with Crippen molar-refractivity contribution in [3.63, 3.8) is 0 Å². The SMILES string of the molecule is CC(C)c1cc2c(N3CC4CCC(C3)N4)nc(OCC3(CN4CCC5(CC4)CC5(F)F)CC3)nc2c(F)c1-c1cc(O)cc2ccc(F)c(F)c12. The van der Waals surface area contributed by atoms with Gasteiger partial charge in [-0.3, -0.25) is 0 Å². The Hall–Kier alpha value is -3.77. The van der Waals surface area contributed by atoms with Gasteiger partial charge in [-0.15, -0.1) is 0 Å². The van der Waals surface area contributed by atoms with Crippen LogP contribution in [0.4, 0.5) is 27.8 Å². The fourth-order valence-corrected chi connectivity index (χ4v) is 9.07. The van der Waals surface area contributed by atoms with Crippen LogP contribution < -0.4 is 15.0 Å². The molecule has 1 aromatic heterocycles. The number of fused-ring (bicyclic) bond motifs is 4. The molecule has 2 unspecified atom stereocenters. The van der Waals surface area contributed by atoms with Crippen LogP contribution in [0.2, 0.25) is 0 Å². The number of piperidine rings is 1. The summed E-state index contributed by atoms with van der Waals surface area (Å²) in [5.41, 5.74) is -0.324. The summed E-state index contributed by atoms with van der Waals surface area (Å²) in [5, 5.41) is 14.9. The van der Waals surface area contributed by atoms with Gasteiger partial charge in [0.15, 0.2) is 17.5 Å². The van der Waals surface area contributed by atoms with Gasteiger partial charge in [0.1, 0.15) is 17.1 Å². The third kappa shape index (κ3) is 5.59. The van der Waals surface area contributed by atoms with Crippen LogP contribution in [0.5, 0.6) is 11.8 Å². The standard InChI is InChI=1S/C39H42F5N5O2/c1-21(2)26-15-28-34(33(42)31(26)27-14-25(50)13-22-3-6-29(40)32(41)30(22)27)46-36(47-35(28)49-16-23-4-5-24(17-49)45-23)51-20-37(7-8-37)19-48-11-9-38(10-12-48)18-39(38,43)44/h3,6,13-15,21,23-24,45,50H,4-5,7-12,16-20H2,1-2H3. The Balaban J connectivity index is 1.11. The van der Waals surface area contributed by atoms with E-state index in [1.165, 1.54) is 18.2 Å². The number of nitrogens with one attached hydrogen (secondary N) is 1. The van der Waals surface area contributed by atoms with Crippen molar-refractivity contribution in [2.75, 3.05) is 44.2 Å². The molecule has 0 radical (unpaired) electrons. The molecule has 7 nitrogen and oxygen atoms in total. The number of piperazine rings is 1. The zero-order valence-corrected chi connectivity index (χ0v) is 28.8. The highest BCUT2D eigenvalue weighted by Crippen LogP contribution is 2.66. The van der Waals surface area contributed by atoms with Crippen molar-refractivity contribution in [3.05, 3.63) is 53.3 Å². The predicted molar refractivity (Wildman–Crippen MR) is 185 cm³/mol. The van der Waals surface area contributed by atoms with Gasteiger partial charge in [-0.1, -0.05) is 19.9 Å². The van der Waals surface area contributed by atoms with Crippen LogP contribution in [0, 0.1) is 28.3 Å². The largest absolute Gasteiger partial charge is 0.508 e. The molecule has 2 saturated carbocycles. The zero-order chi connectivity index (χ0) is 35.4. The molecule has 3 aromatic carbocycles. The normalized spacial score (nSPS) is 24.6. The van der Waals surface area contributed by atoms with Gasteiger partial charge in [-0.2, -0.15) is 9.97 Å². The number of halogens is 5. The van der Waals surface area contributed by atoms with Crippen molar-refractivity contribution in [2.45, 2.75) is 82.7 Å². The lowest BCUT2D eigenvalue weighted by molar-refractivity contribution is 0.0252. The lowest BCUT2D eigenvalue weighted by Crippen LogP contribution is -2.51. The van der Waals surface area contributed by atoms with E-state index in [0.717, 1.165) is 38.3 Å². The summed E-state index contributed by atoms with van der Waals surface area (Å²) in [6.07, 6.45) is 4.94. The van der Waals surface area contributed by atoms with Gasteiger partial charge in [-0.05, 0) is 98.3 Å². The van der Waals surface area contributed by atoms with Gasteiger partial charge in [-0.25, -0.2) is 22.0 Å². The van der Waals surface area contributed by atoms with E-state index in [1.54, 1.807) is 0 Å². The third-order valence-corrected chi connectivity index (χ3v) is 12.4. The molecule has 4 heterocycles. The summed E-state index contributed by atoms with van der Waals surface area (Å²) in [5.74, 6) is -5.32. The van der Waals surface area contributed by atoms with Crippen molar-refractivity contribution >= 4 is 27.5 Å². The Bertz CT molecular complexity index is 2050. The summed E-state index contributed by atoms with van der Waals surface area (Å²) in [6.45, 7) is 7.50. The smallest absolute Gasteiger partial charge is 0.319 e. The number of anilines is 1. The van der Waals surface area contributed by atoms with Gasteiger partial charge in [0, 0.05) is 65.3 Å². The van der Waals surface area contributed by atoms with Crippen LogP contribution >= 0.6 is 0 Å². The average Bonchev–Trinajstić information content (AvgIpc) is 3.94. The maximum absolute atomic E-state index is 17.3. The van der Waals surface area contributed by atoms with Gasteiger partial charge in [0.25, 0.3) is 5.92 Å². The first-order valence-corrected chi connectivity index (χ1v) is 18.2. The highest BCUT2D eigenvalue weighted by atomic mass is 19.3. The number of aromatic nitrogens is 2. The summed E-state index contributed by atoms with van der Waals surface area (Å²) in [7, 11) is 0. The van der Waals surface area contributed by atoms with Crippen LogP contribution in [0.1, 0.15) is 70.3 Å². The van der Waals surface area contributed by atoms with Gasteiger partial charge >= 0.3 is 6.01 Å². The topological polar surface area (TPSA) is 73.8 Å². The van der Waals surface area contributed by atoms with Gasteiger partial charge in [0.05, 0.1) is 6.61 Å². The first-order valence-electron chi connectivity index (χ1n) is 18.2. The molecule has 270 valence electrons. The van der Waals surface area contributed by atoms with Gasteiger partial charge < -0.3 is 25.0 Å². The van der Waals surface area contributed by atoms with E-state index in [-0.39, 0.29) is 69.0 Å². The molecule has 51 heavy (non-hydrogen) atoms. The molecule has 3 saturated heterocycles. The van der Waals surface area contributed by atoms with E-state index in [9.17, 15) is 18.3 Å². The minimum Gasteiger partial charge on any atom is -0.508 e.